The summed E-state index contributed by atoms with van der Waals surface area (Å²) in [6.07, 6.45) is 2.33. The number of carbonyl (C=O) groups is 1. The van der Waals surface area contributed by atoms with Gasteiger partial charge in [0.05, 0.1) is 33.6 Å². The van der Waals surface area contributed by atoms with Crippen molar-refractivity contribution in [2.24, 2.45) is 4.99 Å². The number of aromatic carboxylic acids is 1. The van der Waals surface area contributed by atoms with Gasteiger partial charge in [-0.2, -0.15) is 4.73 Å². The molecule has 1 fully saturated rings. The van der Waals surface area contributed by atoms with Gasteiger partial charge in [-0.25, -0.2) is 18.2 Å². The second-order valence-electron chi connectivity index (χ2n) is 7.30. The first-order valence-corrected chi connectivity index (χ1v) is 11.6. The second-order valence-corrected chi connectivity index (χ2v) is 10.0. The molecule has 9 heteroatoms. The first-order valence-electron chi connectivity index (χ1n) is 9.37. The third-order valence-corrected chi connectivity index (χ3v) is 7.31. The molecule has 7 nitrogen and oxygen atoms in total. The zero-order chi connectivity index (χ0) is 21.5. The lowest BCUT2D eigenvalue weighted by Crippen LogP contribution is -2.27. The van der Waals surface area contributed by atoms with E-state index in [2.05, 4.69) is 4.99 Å². The summed E-state index contributed by atoms with van der Waals surface area (Å²) in [5.74, 6) is -1.13. The highest BCUT2D eigenvalue weighted by Gasteiger charge is 2.27. The van der Waals surface area contributed by atoms with Crippen LogP contribution in [0.4, 0.5) is 5.69 Å². The molecule has 1 aromatic heterocycles. The van der Waals surface area contributed by atoms with Crippen molar-refractivity contribution >= 4 is 44.0 Å². The third kappa shape index (κ3) is 3.93. The van der Waals surface area contributed by atoms with Crippen molar-refractivity contribution in [3.8, 4) is 0 Å². The molecule has 0 aliphatic carbocycles. The van der Waals surface area contributed by atoms with Gasteiger partial charge in [0.15, 0.2) is 0 Å². The van der Waals surface area contributed by atoms with E-state index in [9.17, 15) is 23.5 Å². The van der Waals surface area contributed by atoms with Crippen molar-refractivity contribution in [3.05, 3.63) is 70.2 Å². The van der Waals surface area contributed by atoms with Crippen molar-refractivity contribution in [2.75, 3.05) is 11.5 Å². The van der Waals surface area contributed by atoms with Crippen LogP contribution in [-0.4, -0.2) is 40.9 Å². The molecule has 0 saturated carbocycles. The molecule has 2 aromatic carbocycles. The SMILES string of the molecule is O=C(O)c1ccccc1N=c1c(C2CCS(=O)(=O)CC2)cn(O)c2ccc(Cl)cc12. The van der Waals surface area contributed by atoms with Gasteiger partial charge in [0.1, 0.15) is 9.84 Å². The average molecular weight is 447 g/mol. The van der Waals surface area contributed by atoms with Crippen LogP contribution >= 0.6 is 11.6 Å². The van der Waals surface area contributed by atoms with Crippen LogP contribution in [0.2, 0.25) is 5.02 Å². The van der Waals surface area contributed by atoms with Crippen LogP contribution in [-0.2, 0) is 9.84 Å². The summed E-state index contributed by atoms with van der Waals surface area (Å²) in [6.45, 7) is 0. The Labute approximate surface area is 177 Å². The monoisotopic (exact) mass is 446 g/mol. The maximum atomic E-state index is 11.9. The number of carboxylic acids is 1. The molecule has 1 aliphatic rings. The fourth-order valence-corrected chi connectivity index (χ4v) is 5.48. The van der Waals surface area contributed by atoms with E-state index in [4.69, 9.17) is 11.6 Å². The Balaban J connectivity index is 2.02. The van der Waals surface area contributed by atoms with Crippen molar-refractivity contribution in [2.45, 2.75) is 18.8 Å². The van der Waals surface area contributed by atoms with Crippen LogP contribution in [0, 0.1) is 0 Å². The van der Waals surface area contributed by atoms with Crippen LogP contribution in [0.5, 0.6) is 0 Å². The van der Waals surface area contributed by atoms with Gasteiger partial charge < -0.3 is 10.3 Å². The smallest absolute Gasteiger partial charge is 0.337 e. The Morgan fingerprint density at radius 2 is 1.83 bits per heavy atom. The van der Waals surface area contributed by atoms with E-state index < -0.39 is 15.8 Å². The molecule has 2 N–H and O–H groups in total. The first-order chi connectivity index (χ1) is 14.2. The highest BCUT2D eigenvalue weighted by molar-refractivity contribution is 7.91. The normalized spacial score (nSPS) is 17.3. The van der Waals surface area contributed by atoms with Gasteiger partial charge in [-0.3, -0.25) is 0 Å². The molecule has 0 atom stereocenters. The van der Waals surface area contributed by atoms with Crippen LogP contribution in [0.25, 0.3) is 10.9 Å². The molecule has 0 amide bonds. The topological polar surface area (TPSA) is 109 Å². The average Bonchev–Trinajstić information content (AvgIpc) is 2.70. The number of pyridine rings is 1. The van der Waals surface area contributed by atoms with Gasteiger partial charge >= 0.3 is 5.97 Å². The highest BCUT2D eigenvalue weighted by Crippen LogP contribution is 2.30. The molecule has 0 unspecified atom stereocenters. The van der Waals surface area contributed by atoms with E-state index in [1.165, 1.54) is 12.3 Å². The number of para-hydroxylation sites is 1. The number of fused-ring (bicyclic) bond motifs is 1. The highest BCUT2D eigenvalue weighted by atomic mass is 35.5. The summed E-state index contributed by atoms with van der Waals surface area (Å²) in [5.41, 5.74) is 1.43. The van der Waals surface area contributed by atoms with E-state index in [1.807, 2.05) is 0 Å². The molecule has 0 radical (unpaired) electrons. The van der Waals surface area contributed by atoms with Gasteiger partial charge in [-0.05, 0) is 49.1 Å². The summed E-state index contributed by atoms with van der Waals surface area (Å²) in [5, 5.41) is 21.5. The predicted octanol–water partition coefficient (Wildman–Crippen LogP) is 3.75. The van der Waals surface area contributed by atoms with E-state index >= 15 is 0 Å². The largest absolute Gasteiger partial charge is 0.478 e. The Morgan fingerprint density at radius 3 is 2.53 bits per heavy atom. The lowest BCUT2D eigenvalue weighted by molar-refractivity contribution is 0.0697. The molecule has 2 heterocycles. The molecule has 0 spiro atoms. The first kappa shape index (κ1) is 20.4. The molecule has 30 heavy (non-hydrogen) atoms. The van der Waals surface area contributed by atoms with Crippen molar-refractivity contribution in [1.82, 2.24) is 4.73 Å². The predicted molar refractivity (Wildman–Crippen MR) is 113 cm³/mol. The van der Waals surface area contributed by atoms with E-state index in [-0.39, 0.29) is 28.7 Å². The number of aromatic nitrogens is 1. The summed E-state index contributed by atoms with van der Waals surface area (Å²) in [6, 6.07) is 11.3. The standard InChI is InChI=1S/C21H19ClN2O5S/c22-14-5-6-19-16(11-14)20(23-18-4-2-1-3-15(18)21(25)26)17(12-24(19)27)13-7-9-30(28,29)10-8-13/h1-6,11-13,27H,7-10H2,(H,25,26). The number of carboxylic acid groups (broad SMARTS) is 1. The van der Waals surface area contributed by atoms with Gasteiger partial charge in [-0.15, -0.1) is 0 Å². The van der Waals surface area contributed by atoms with Crippen molar-refractivity contribution in [1.29, 1.82) is 0 Å². The van der Waals surface area contributed by atoms with Gasteiger partial charge in [0.2, 0.25) is 0 Å². The van der Waals surface area contributed by atoms with Crippen molar-refractivity contribution in [3.63, 3.8) is 0 Å². The molecule has 1 aliphatic heterocycles. The number of sulfone groups is 1. The van der Waals surface area contributed by atoms with Crippen LogP contribution in [0.1, 0.15) is 34.7 Å². The Hall–Kier alpha value is -2.84. The number of hydrogen-bond acceptors (Lipinski definition) is 5. The zero-order valence-electron chi connectivity index (χ0n) is 15.8. The lowest BCUT2D eigenvalue weighted by atomic mass is 9.93. The van der Waals surface area contributed by atoms with Gasteiger partial charge in [0.25, 0.3) is 0 Å². The number of benzene rings is 2. The maximum absolute atomic E-state index is 11.9. The molecule has 156 valence electrons. The third-order valence-electron chi connectivity index (χ3n) is 5.36. The van der Waals surface area contributed by atoms with Crippen LogP contribution in [0.15, 0.2) is 53.7 Å². The minimum Gasteiger partial charge on any atom is -0.478 e. The number of nitrogens with zero attached hydrogens (tertiary/aromatic N) is 2. The van der Waals surface area contributed by atoms with E-state index in [0.29, 0.717) is 39.7 Å². The molecule has 3 aromatic rings. The zero-order valence-corrected chi connectivity index (χ0v) is 17.4. The fourth-order valence-electron chi connectivity index (χ4n) is 3.81. The Bertz CT molecular complexity index is 1320. The molecular formula is C21H19ClN2O5S. The summed E-state index contributed by atoms with van der Waals surface area (Å²) in [7, 11) is -3.07. The van der Waals surface area contributed by atoms with Crippen molar-refractivity contribution < 1.29 is 23.5 Å². The molecular weight excluding hydrogens is 428 g/mol. The minimum atomic E-state index is -3.07. The Morgan fingerprint density at radius 1 is 1.13 bits per heavy atom. The lowest BCUT2D eigenvalue weighted by Gasteiger charge is -2.23. The molecule has 0 bridgehead atoms. The van der Waals surface area contributed by atoms with Crippen LogP contribution < -0.4 is 5.36 Å². The second kappa shape index (κ2) is 7.77. The molecule has 1 saturated heterocycles. The van der Waals surface area contributed by atoms with Gasteiger partial charge in [0, 0.05) is 22.2 Å². The summed E-state index contributed by atoms with van der Waals surface area (Å²) < 4.78 is 24.8. The number of rotatable bonds is 3. The summed E-state index contributed by atoms with van der Waals surface area (Å²) in [4.78, 5) is 16.3. The number of hydrogen-bond donors (Lipinski definition) is 2. The quantitative estimate of drug-likeness (QED) is 0.595. The van der Waals surface area contributed by atoms with Crippen LogP contribution in [0.3, 0.4) is 0 Å². The van der Waals surface area contributed by atoms with E-state index in [0.717, 1.165) is 4.73 Å². The van der Waals surface area contributed by atoms with E-state index in [1.54, 1.807) is 36.4 Å². The minimum absolute atomic E-state index is 0.0468. The molecule has 4 rings (SSSR count). The Kier molecular flexibility index (Phi) is 5.29. The fraction of sp³-hybridized carbons (Fsp3) is 0.238. The van der Waals surface area contributed by atoms with Gasteiger partial charge in [-0.1, -0.05) is 23.7 Å². The number of halogens is 1. The maximum Gasteiger partial charge on any atom is 0.337 e. The summed E-state index contributed by atoms with van der Waals surface area (Å²) >= 11 is 6.20.